The first-order valence-electron chi connectivity index (χ1n) is 10.1. The number of halogens is 3. The van der Waals surface area contributed by atoms with Gasteiger partial charge in [-0.1, -0.05) is 5.16 Å². The second kappa shape index (κ2) is 7.97. The normalized spacial score (nSPS) is 17.0. The fraction of sp³-hybridized carbons (Fsp3) is 0.632. The number of alkyl halides is 3. The highest BCUT2D eigenvalue weighted by atomic mass is 19.4. The maximum Gasteiger partial charge on any atom is 0.435 e. The summed E-state index contributed by atoms with van der Waals surface area (Å²) in [5.74, 6) is 0.796. The summed E-state index contributed by atoms with van der Waals surface area (Å²) in [6.07, 6.45) is -2.16. The second-order valence-electron chi connectivity index (χ2n) is 8.15. The lowest BCUT2D eigenvalue weighted by atomic mass is 10.00. The van der Waals surface area contributed by atoms with Crippen molar-refractivity contribution in [1.29, 1.82) is 0 Å². The third-order valence-electron chi connectivity index (χ3n) is 5.60. The summed E-state index contributed by atoms with van der Waals surface area (Å²) in [4.78, 5) is 31.9. The first-order chi connectivity index (χ1) is 14.6. The van der Waals surface area contributed by atoms with Crippen LogP contribution in [0.4, 0.5) is 13.2 Å². The molecule has 0 radical (unpaired) electrons. The van der Waals surface area contributed by atoms with Gasteiger partial charge in [0.2, 0.25) is 17.7 Å². The number of aromatic nitrogens is 4. The molecule has 2 aromatic heterocycles. The minimum atomic E-state index is -4.55. The van der Waals surface area contributed by atoms with Crippen LogP contribution in [0, 0.1) is 12.8 Å². The molecule has 1 aliphatic heterocycles. The summed E-state index contributed by atoms with van der Waals surface area (Å²) >= 11 is 0. The van der Waals surface area contributed by atoms with Crippen LogP contribution in [-0.4, -0.2) is 68.2 Å². The summed E-state index contributed by atoms with van der Waals surface area (Å²) in [5.41, 5.74) is -0.744. The first kappa shape index (κ1) is 21.3. The molecular weight excluding hydrogens is 417 g/mol. The number of likely N-dealkylation sites (N-methyl/N-ethyl adjacent to an activating group) is 1. The molecule has 168 valence electrons. The van der Waals surface area contributed by atoms with Crippen LogP contribution < -0.4 is 0 Å². The van der Waals surface area contributed by atoms with Crippen molar-refractivity contribution in [2.24, 2.45) is 5.92 Å². The van der Waals surface area contributed by atoms with E-state index < -0.39 is 11.9 Å². The van der Waals surface area contributed by atoms with E-state index in [0.717, 1.165) is 23.6 Å². The Morgan fingerprint density at radius 1 is 1.29 bits per heavy atom. The number of aryl methyl sites for hydroxylation is 1. The van der Waals surface area contributed by atoms with Gasteiger partial charge in [0.25, 0.3) is 0 Å². The van der Waals surface area contributed by atoms with Crippen LogP contribution in [0.1, 0.15) is 41.9 Å². The Balaban J connectivity index is 1.25. The van der Waals surface area contributed by atoms with Gasteiger partial charge >= 0.3 is 6.18 Å². The molecule has 9 nitrogen and oxygen atoms in total. The molecule has 0 unspecified atom stereocenters. The largest absolute Gasteiger partial charge is 0.435 e. The minimum absolute atomic E-state index is 0.111. The van der Waals surface area contributed by atoms with E-state index >= 15 is 0 Å². The molecule has 1 saturated carbocycles. The van der Waals surface area contributed by atoms with Gasteiger partial charge in [0.05, 0.1) is 5.92 Å². The molecule has 12 heteroatoms. The van der Waals surface area contributed by atoms with Gasteiger partial charge in [-0.25, -0.2) is 0 Å². The third kappa shape index (κ3) is 4.72. The number of carbonyl (C=O) groups excluding carboxylic acids is 2. The average Bonchev–Trinajstić information content (AvgIpc) is 3.30. The Labute approximate surface area is 176 Å². The molecule has 2 aliphatic rings. The lowest BCUT2D eigenvalue weighted by Crippen LogP contribution is -2.49. The maximum absolute atomic E-state index is 12.8. The number of hydrogen-bond acceptors (Lipinski definition) is 6. The highest BCUT2D eigenvalue weighted by Crippen LogP contribution is 2.31. The lowest BCUT2D eigenvalue weighted by Gasteiger charge is -2.37. The van der Waals surface area contributed by atoms with E-state index in [1.54, 1.807) is 11.9 Å². The molecule has 0 spiro atoms. The van der Waals surface area contributed by atoms with Crippen LogP contribution in [0.3, 0.4) is 0 Å². The summed E-state index contributed by atoms with van der Waals surface area (Å²) < 4.78 is 44.6. The van der Waals surface area contributed by atoms with Crippen molar-refractivity contribution in [3.8, 4) is 0 Å². The van der Waals surface area contributed by atoms with Crippen molar-refractivity contribution in [2.75, 3.05) is 26.7 Å². The Morgan fingerprint density at radius 2 is 2.00 bits per heavy atom. The van der Waals surface area contributed by atoms with E-state index in [1.807, 2.05) is 0 Å². The smallest absolute Gasteiger partial charge is 0.345 e. The number of amides is 2. The van der Waals surface area contributed by atoms with Crippen molar-refractivity contribution in [3.05, 3.63) is 29.2 Å². The summed E-state index contributed by atoms with van der Waals surface area (Å²) in [6.45, 7) is 2.43. The Kier molecular flexibility index (Phi) is 5.48. The zero-order valence-electron chi connectivity index (χ0n) is 17.2. The SMILES string of the molecule is Cc1cc(C(F)(F)F)nn1CC(=O)N1CC(c2nc(CCN(C)C(=O)C3CC3)no2)C1. The lowest BCUT2D eigenvalue weighted by molar-refractivity contribution is -0.142. The Bertz CT molecular complexity index is 975. The van der Waals surface area contributed by atoms with E-state index in [4.69, 9.17) is 4.52 Å². The van der Waals surface area contributed by atoms with Crippen molar-refractivity contribution >= 4 is 11.8 Å². The third-order valence-corrected chi connectivity index (χ3v) is 5.60. The number of rotatable bonds is 7. The number of hydrogen-bond donors (Lipinski definition) is 0. The molecule has 2 fully saturated rings. The van der Waals surface area contributed by atoms with Crippen LogP contribution >= 0.6 is 0 Å². The molecule has 0 atom stereocenters. The number of carbonyl (C=O) groups is 2. The molecule has 0 aromatic carbocycles. The van der Waals surface area contributed by atoms with Gasteiger partial charge in [-0.15, -0.1) is 0 Å². The van der Waals surface area contributed by atoms with Crippen molar-refractivity contribution in [1.82, 2.24) is 29.7 Å². The molecule has 4 rings (SSSR count). The number of nitrogens with zero attached hydrogens (tertiary/aromatic N) is 6. The predicted molar refractivity (Wildman–Crippen MR) is 99.7 cm³/mol. The van der Waals surface area contributed by atoms with Gasteiger partial charge in [-0.3, -0.25) is 14.3 Å². The molecule has 2 amide bonds. The minimum Gasteiger partial charge on any atom is -0.345 e. The van der Waals surface area contributed by atoms with E-state index in [9.17, 15) is 22.8 Å². The molecule has 1 aliphatic carbocycles. The fourth-order valence-electron chi connectivity index (χ4n) is 3.43. The molecular formula is C19H23F3N6O3. The summed E-state index contributed by atoms with van der Waals surface area (Å²) in [5, 5.41) is 7.42. The van der Waals surface area contributed by atoms with Crippen molar-refractivity contribution < 1.29 is 27.3 Å². The quantitative estimate of drug-likeness (QED) is 0.649. The zero-order chi connectivity index (χ0) is 22.3. The Morgan fingerprint density at radius 3 is 2.61 bits per heavy atom. The average molecular weight is 440 g/mol. The molecule has 1 saturated heterocycles. The molecule has 0 N–H and O–H groups in total. The van der Waals surface area contributed by atoms with E-state index in [-0.39, 0.29) is 35.9 Å². The molecule has 0 bridgehead atoms. The Hall–Kier alpha value is -2.92. The molecule has 31 heavy (non-hydrogen) atoms. The first-order valence-corrected chi connectivity index (χ1v) is 10.1. The second-order valence-corrected chi connectivity index (χ2v) is 8.15. The van der Waals surface area contributed by atoms with Gasteiger partial charge < -0.3 is 14.3 Å². The van der Waals surface area contributed by atoms with Gasteiger partial charge in [-0.05, 0) is 25.8 Å². The topological polar surface area (TPSA) is 97.4 Å². The standard InChI is InChI=1S/C19H23F3N6O3/c1-11-7-14(19(20,21)22)24-28(11)10-16(29)27-8-13(9-27)17-23-15(25-31-17)5-6-26(2)18(30)12-3-4-12/h7,12-13H,3-6,8-10H2,1-2H3. The van der Waals surface area contributed by atoms with Crippen LogP contribution in [0.15, 0.2) is 10.6 Å². The van der Waals surface area contributed by atoms with Crippen LogP contribution in [0.2, 0.25) is 0 Å². The van der Waals surface area contributed by atoms with Crippen LogP contribution in [-0.2, 0) is 28.7 Å². The van der Waals surface area contributed by atoms with Crippen molar-refractivity contribution in [2.45, 2.75) is 44.8 Å². The fourth-order valence-corrected chi connectivity index (χ4v) is 3.43. The predicted octanol–water partition coefficient (Wildman–Crippen LogP) is 1.63. The zero-order valence-corrected chi connectivity index (χ0v) is 17.2. The van der Waals surface area contributed by atoms with Crippen LogP contribution in [0.25, 0.3) is 0 Å². The van der Waals surface area contributed by atoms with Gasteiger partial charge in [0, 0.05) is 44.7 Å². The highest BCUT2D eigenvalue weighted by Gasteiger charge is 2.37. The van der Waals surface area contributed by atoms with E-state index in [0.29, 0.717) is 37.8 Å². The van der Waals surface area contributed by atoms with Crippen LogP contribution in [0.5, 0.6) is 0 Å². The van der Waals surface area contributed by atoms with Gasteiger partial charge in [0.1, 0.15) is 6.54 Å². The van der Waals surface area contributed by atoms with Gasteiger partial charge in [0.15, 0.2) is 11.5 Å². The maximum atomic E-state index is 12.8. The van der Waals surface area contributed by atoms with E-state index in [2.05, 4.69) is 15.2 Å². The monoisotopic (exact) mass is 440 g/mol. The summed E-state index contributed by atoms with van der Waals surface area (Å²) in [7, 11) is 1.76. The highest BCUT2D eigenvalue weighted by molar-refractivity contribution is 5.80. The van der Waals surface area contributed by atoms with Gasteiger partial charge in [-0.2, -0.15) is 23.3 Å². The number of likely N-dealkylation sites (tertiary alicyclic amines) is 1. The summed E-state index contributed by atoms with van der Waals surface area (Å²) in [6, 6.07) is 0.918. The molecule has 3 heterocycles. The van der Waals surface area contributed by atoms with Crippen molar-refractivity contribution in [3.63, 3.8) is 0 Å². The molecule has 2 aromatic rings. The van der Waals surface area contributed by atoms with E-state index in [1.165, 1.54) is 11.8 Å².